The maximum atomic E-state index is 12.0. The minimum absolute atomic E-state index is 0.220. The maximum absolute atomic E-state index is 12.0. The first-order valence-corrected chi connectivity index (χ1v) is 10.9. The number of rotatable bonds is 13. The fourth-order valence-corrected chi connectivity index (χ4v) is 3.48. The predicted octanol–water partition coefficient (Wildman–Crippen LogP) is -0.638. The number of nitrogens with one attached hydrogen (secondary N) is 1. The Hall–Kier alpha value is -1.07. The van der Waals surface area contributed by atoms with Gasteiger partial charge in [-0.05, 0) is 25.7 Å². The highest BCUT2D eigenvalue weighted by Crippen LogP contribution is 2.24. The van der Waals surface area contributed by atoms with E-state index in [9.17, 15) is 35.4 Å². The second-order valence-electron chi connectivity index (χ2n) is 7.92. The number of aliphatic hydroxyl groups excluding tert-OH is 6. The second kappa shape index (κ2) is 14.1. The van der Waals surface area contributed by atoms with E-state index in [4.69, 9.17) is 4.74 Å². The number of allylic oxidation sites excluding steroid dienone is 1. The van der Waals surface area contributed by atoms with Crippen LogP contribution < -0.4 is 5.32 Å². The third-order valence-corrected chi connectivity index (χ3v) is 5.37. The number of aliphatic hydroxyl groups is 6. The van der Waals surface area contributed by atoms with Crippen LogP contribution in [0.25, 0.3) is 0 Å². The van der Waals surface area contributed by atoms with E-state index >= 15 is 0 Å². The summed E-state index contributed by atoms with van der Waals surface area (Å²) in [5.41, 5.74) is 0. The van der Waals surface area contributed by atoms with Gasteiger partial charge >= 0.3 is 0 Å². The molecule has 176 valence electrons. The topological polar surface area (TPSA) is 160 Å². The van der Waals surface area contributed by atoms with Gasteiger partial charge in [-0.1, -0.05) is 38.8 Å². The lowest BCUT2D eigenvalue weighted by atomic mass is 9.92. The molecule has 3 unspecified atom stereocenters. The average molecular weight is 434 g/mol. The third-order valence-electron chi connectivity index (χ3n) is 5.37. The van der Waals surface area contributed by atoms with Gasteiger partial charge < -0.3 is 40.7 Å². The van der Waals surface area contributed by atoms with Crippen LogP contribution in [0.3, 0.4) is 0 Å². The molecule has 9 heteroatoms. The van der Waals surface area contributed by atoms with Crippen molar-refractivity contribution in [3.63, 3.8) is 0 Å². The molecule has 1 heterocycles. The van der Waals surface area contributed by atoms with Gasteiger partial charge in [0.25, 0.3) is 0 Å². The Kier molecular flexibility index (Phi) is 12.7. The molecule has 9 nitrogen and oxygen atoms in total. The number of hydrogen-bond acceptors (Lipinski definition) is 8. The van der Waals surface area contributed by atoms with E-state index in [0.29, 0.717) is 32.1 Å². The summed E-state index contributed by atoms with van der Waals surface area (Å²) >= 11 is 0. The van der Waals surface area contributed by atoms with E-state index in [1.807, 2.05) is 13.8 Å². The van der Waals surface area contributed by atoms with Crippen molar-refractivity contribution in [1.29, 1.82) is 0 Å². The summed E-state index contributed by atoms with van der Waals surface area (Å²) in [5, 5.41) is 62.4. The van der Waals surface area contributed by atoms with Crippen LogP contribution in [0.1, 0.15) is 58.8 Å². The largest absolute Gasteiger partial charge is 0.394 e. The maximum Gasteiger partial charge on any atom is 0.220 e. The second-order valence-corrected chi connectivity index (χ2v) is 7.92. The normalized spacial score (nSPS) is 30.2. The molecule has 0 bridgehead atoms. The van der Waals surface area contributed by atoms with Crippen molar-refractivity contribution in [1.82, 2.24) is 5.32 Å². The van der Waals surface area contributed by atoms with Crippen LogP contribution in [-0.4, -0.2) is 91.9 Å². The Bertz CT molecular complexity index is 515. The zero-order valence-corrected chi connectivity index (χ0v) is 17.9. The summed E-state index contributed by atoms with van der Waals surface area (Å²) in [5.74, 6) is -0.220. The Morgan fingerprint density at radius 1 is 1.07 bits per heavy atom. The number of carbonyl (C=O) groups is 1. The molecule has 1 rings (SSSR count). The van der Waals surface area contributed by atoms with Gasteiger partial charge in [0.15, 0.2) is 0 Å². The van der Waals surface area contributed by atoms with Crippen molar-refractivity contribution < 1.29 is 40.2 Å². The predicted molar refractivity (Wildman–Crippen MR) is 111 cm³/mol. The van der Waals surface area contributed by atoms with Crippen LogP contribution in [0.15, 0.2) is 12.2 Å². The van der Waals surface area contributed by atoms with Gasteiger partial charge in [-0.3, -0.25) is 4.79 Å². The summed E-state index contributed by atoms with van der Waals surface area (Å²) < 4.78 is 5.46. The summed E-state index contributed by atoms with van der Waals surface area (Å²) in [6.07, 6.45) is -0.916. The van der Waals surface area contributed by atoms with Crippen LogP contribution in [0.2, 0.25) is 0 Å². The van der Waals surface area contributed by atoms with Crippen molar-refractivity contribution in [2.45, 2.75) is 108 Å². The number of hydrogen-bond donors (Lipinski definition) is 7. The molecule has 0 spiro atoms. The van der Waals surface area contributed by atoms with Gasteiger partial charge in [0.05, 0.1) is 24.9 Å². The highest BCUT2D eigenvalue weighted by molar-refractivity contribution is 5.76. The van der Waals surface area contributed by atoms with Gasteiger partial charge in [0.1, 0.15) is 30.5 Å². The van der Waals surface area contributed by atoms with E-state index < -0.39 is 55.4 Å². The lowest BCUT2D eigenvalue weighted by molar-refractivity contribution is -0.230. The molecular weight excluding hydrogens is 394 g/mol. The highest BCUT2D eigenvalue weighted by Gasteiger charge is 2.42. The summed E-state index contributed by atoms with van der Waals surface area (Å²) in [7, 11) is 0. The lowest BCUT2D eigenvalue weighted by Crippen LogP contribution is -2.58. The summed E-state index contributed by atoms with van der Waals surface area (Å²) in [6, 6.07) is -0.759. The zero-order chi connectivity index (χ0) is 22.7. The standard InChI is InChI=1S/C21H39NO8/c1-3-5-10-14(24)18(26)13(22-17(25)8-4-2)9-6-7-11-15-19(27)21(29)20(28)16(12-23)30-15/h6,9,13-16,18-21,23-24,26-29H,3-5,7-8,10-12H2,1-2H3,(H,22,25)/b9-6+/t13-,14+,15-,16?,18-,19?,20-,21?/m0/s1. The Morgan fingerprint density at radius 2 is 1.73 bits per heavy atom. The fourth-order valence-electron chi connectivity index (χ4n) is 3.48. The van der Waals surface area contributed by atoms with Gasteiger partial charge in [0, 0.05) is 6.42 Å². The van der Waals surface area contributed by atoms with Gasteiger partial charge in [-0.2, -0.15) is 0 Å². The van der Waals surface area contributed by atoms with Crippen molar-refractivity contribution in [3.8, 4) is 0 Å². The molecule has 8 atom stereocenters. The monoisotopic (exact) mass is 433 g/mol. The molecule has 0 radical (unpaired) electrons. The number of amides is 1. The van der Waals surface area contributed by atoms with Crippen LogP contribution in [0.5, 0.6) is 0 Å². The number of unbranched alkanes of at least 4 members (excludes halogenated alkanes) is 1. The van der Waals surface area contributed by atoms with E-state index in [2.05, 4.69) is 5.32 Å². The summed E-state index contributed by atoms with van der Waals surface area (Å²) in [6.45, 7) is 3.38. The average Bonchev–Trinajstić information content (AvgIpc) is 2.73. The first kappa shape index (κ1) is 27.0. The van der Waals surface area contributed by atoms with Crippen LogP contribution in [0, 0.1) is 0 Å². The van der Waals surface area contributed by atoms with Crippen molar-refractivity contribution in [2.75, 3.05) is 6.61 Å². The van der Waals surface area contributed by atoms with Gasteiger partial charge in [0.2, 0.25) is 5.91 Å². The van der Waals surface area contributed by atoms with Crippen molar-refractivity contribution >= 4 is 5.91 Å². The number of carbonyl (C=O) groups excluding carboxylic acids is 1. The van der Waals surface area contributed by atoms with Crippen LogP contribution in [-0.2, 0) is 9.53 Å². The minimum atomic E-state index is -1.42. The minimum Gasteiger partial charge on any atom is -0.394 e. The Balaban J connectivity index is 2.70. The molecule has 0 aromatic rings. The fraction of sp³-hybridized carbons (Fsp3) is 0.857. The van der Waals surface area contributed by atoms with Crippen molar-refractivity contribution in [3.05, 3.63) is 12.2 Å². The molecule has 1 aliphatic rings. The molecule has 0 aliphatic carbocycles. The quantitative estimate of drug-likeness (QED) is 0.189. The van der Waals surface area contributed by atoms with E-state index in [-0.39, 0.29) is 5.91 Å². The van der Waals surface area contributed by atoms with E-state index in [1.54, 1.807) is 12.2 Å². The molecule has 30 heavy (non-hydrogen) atoms. The molecule has 1 aliphatic heterocycles. The molecule has 1 fully saturated rings. The van der Waals surface area contributed by atoms with Crippen molar-refractivity contribution in [2.24, 2.45) is 0 Å². The van der Waals surface area contributed by atoms with Crippen LogP contribution in [0.4, 0.5) is 0 Å². The number of ether oxygens (including phenoxy) is 1. The zero-order valence-electron chi connectivity index (χ0n) is 17.9. The lowest BCUT2D eigenvalue weighted by Gasteiger charge is -2.40. The molecule has 0 saturated carbocycles. The first-order valence-electron chi connectivity index (χ1n) is 10.9. The SMILES string of the molecule is CCCC[C@@H](O)[C@@H](O)[C@H](/C=C/CC[C@@H]1OC(CO)[C@H](O)C(O)C1O)NC(=O)CCC. The van der Waals surface area contributed by atoms with Gasteiger partial charge in [-0.15, -0.1) is 0 Å². The molecule has 1 saturated heterocycles. The first-order chi connectivity index (χ1) is 14.3. The molecular formula is C21H39NO8. The Labute approximate surface area is 178 Å². The molecule has 0 aromatic carbocycles. The smallest absolute Gasteiger partial charge is 0.220 e. The Morgan fingerprint density at radius 3 is 2.33 bits per heavy atom. The third kappa shape index (κ3) is 8.22. The highest BCUT2D eigenvalue weighted by atomic mass is 16.5. The van der Waals surface area contributed by atoms with E-state index in [1.165, 1.54) is 0 Å². The van der Waals surface area contributed by atoms with E-state index in [0.717, 1.165) is 12.8 Å². The molecule has 1 amide bonds. The molecule has 7 N–H and O–H groups in total. The van der Waals surface area contributed by atoms with Gasteiger partial charge in [-0.25, -0.2) is 0 Å². The van der Waals surface area contributed by atoms with Crippen LogP contribution >= 0.6 is 0 Å². The summed E-state index contributed by atoms with van der Waals surface area (Å²) in [4.78, 5) is 12.0. The molecule has 0 aromatic heterocycles.